The topological polar surface area (TPSA) is 175 Å². The van der Waals surface area contributed by atoms with Crippen molar-refractivity contribution in [1.29, 1.82) is 0 Å². The molecule has 1 rings (SSSR count). The molecule has 1 fully saturated rings. The van der Waals surface area contributed by atoms with Gasteiger partial charge in [0.05, 0.1) is 25.4 Å². The number of allylic oxidation sites excluding steroid dienone is 3. The Hall–Kier alpha value is -1.86. The van der Waals surface area contributed by atoms with Gasteiger partial charge in [0.1, 0.15) is 24.4 Å². The molecular formula is C65H123NO10. The summed E-state index contributed by atoms with van der Waals surface area (Å²) in [7, 11) is 0. The fraction of sp³-hybridized carbons (Fsp3) is 0.908. The predicted molar refractivity (Wildman–Crippen MR) is 315 cm³/mol. The third-order valence-corrected chi connectivity index (χ3v) is 15.6. The van der Waals surface area contributed by atoms with Gasteiger partial charge in [-0.1, -0.05) is 283 Å². The number of unbranched alkanes of at least 4 members (excludes halogenated alkanes) is 40. The van der Waals surface area contributed by atoms with E-state index in [0.717, 1.165) is 57.8 Å². The number of aliphatic hydroxyl groups excluding tert-OH is 5. The largest absolute Gasteiger partial charge is 0.454 e. The highest BCUT2D eigenvalue weighted by Crippen LogP contribution is 2.26. The minimum atomic E-state index is -1.61. The average molecular weight is 1080 g/mol. The number of hydrogen-bond acceptors (Lipinski definition) is 10. The second kappa shape index (κ2) is 53.8. The minimum absolute atomic E-state index is 0.130. The summed E-state index contributed by atoms with van der Waals surface area (Å²) in [5.74, 6) is -1.18. The number of ether oxygens (including phenoxy) is 3. The first-order valence-corrected chi connectivity index (χ1v) is 32.6. The predicted octanol–water partition coefficient (Wildman–Crippen LogP) is 15.7. The standard InChI is InChI=1S/C65H123NO10/c1-4-7-10-13-16-19-22-25-27-28-29-30-31-32-34-37-40-43-46-49-52-58(69)64(73)66-56(57(68)51-48-45-42-39-36-33-24-21-18-15-12-9-6-3)55-74-65-63(62(72)61(71)59(54-67)75-65)76-60(70)53-50-47-44-41-38-35-26-23-20-17-14-11-8-5-2/h25,27,48,51,56-59,61-63,65,67-69,71-72H,4-24,26,28-47,49-50,52-55H2,1-3H3,(H,66,73)/b27-25+,51-48+. The maximum atomic E-state index is 13.4. The van der Waals surface area contributed by atoms with Gasteiger partial charge in [0.2, 0.25) is 5.91 Å². The van der Waals surface area contributed by atoms with Gasteiger partial charge in [-0.3, -0.25) is 9.59 Å². The molecule has 1 amide bonds. The molecule has 8 unspecified atom stereocenters. The maximum Gasteiger partial charge on any atom is 0.306 e. The van der Waals surface area contributed by atoms with E-state index in [2.05, 4.69) is 38.2 Å². The molecule has 0 aromatic rings. The zero-order valence-corrected chi connectivity index (χ0v) is 49.6. The minimum Gasteiger partial charge on any atom is -0.454 e. The fourth-order valence-corrected chi connectivity index (χ4v) is 10.4. The van der Waals surface area contributed by atoms with Crippen LogP contribution >= 0.6 is 0 Å². The first-order valence-electron chi connectivity index (χ1n) is 32.6. The Bertz CT molecular complexity index is 1330. The quantitative estimate of drug-likeness (QED) is 0.0195. The second-order valence-electron chi connectivity index (χ2n) is 22.9. The van der Waals surface area contributed by atoms with E-state index in [-0.39, 0.29) is 13.0 Å². The van der Waals surface area contributed by atoms with Crippen LogP contribution in [0.5, 0.6) is 0 Å². The van der Waals surface area contributed by atoms with E-state index in [9.17, 15) is 35.1 Å². The summed E-state index contributed by atoms with van der Waals surface area (Å²) in [6.45, 7) is 5.82. The van der Waals surface area contributed by atoms with Gasteiger partial charge in [-0.25, -0.2) is 0 Å². The normalized spacial score (nSPS) is 19.2. The lowest BCUT2D eigenvalue weighted by molar-refractivity contribution is -0.305. The lowest BCUT2D eigenvalue weighted by Crippen LogP contribution is -2.61. The molecule has 0 bridgehead atoms. The number of amides is 1. The molecule has 0 aliphatic carbocycles. The summed E-state index contributed by atoms with van der Waals surface area (Å²) >= 11 is 0. The number of rotatable bonds is 56. The van der Waals surface area contributed by atoms with E-state index in [4.69, 9.17) is 14.2 Å². The van der Waals surface area contributed by atoms with Crippen LogP contribution in [-0.2, 0) is 23.8 Å². The first-order chi connectivity index (χ1) is 37.2. The Morgan fingerprint density at radius 1 is 0.500 bits per heavy atom. The van der Waals surface area contributed by atoms with Crippen molar-refractivity contribution in [3.63, 3.8) is 0 Å². The number of carbonyl (C=O) groups excluding carboxylic acids is 2. The van der Waals surface area contributed by atoms with E-state index in [1.807, 2.05) is 6.08 Å². The number of carbonyl (C=O) groups is 2. The Morgan fingerprint density at radius 2 is 0.868 bits per heavy atom. The van der Waals surface area contributed by atoms with Crippen LogP contribution in [0, 0.1) is 0 Å². The van der Waals surface area contributed by atoms with Gasteiger partial charge in [-0.05, 0) is 51.4 Å². The molecule has 0 spiro atoms. The third kappa shape index (κ3) is 41.2. The Morgan fingerprint density at radius 3 is 1.28 bits per heavy atom. The van der Waals surface area contributed by atoms with Crippen LogP contribution in [0.1, 0.15) is 316 Å². The van der Waals surface area contributed by atoms with Gasteiger partial charge in [-0.2, -0.15) is 0 Å². The van der Waals surface area contributed by atoms with Crippen LogP contribution in [0.4, 0.5) is 0 Å². The Labute approximate surface area is 467 Å². The van der Waals surface area contributed by atoms with Gasteiger partial charge in [0.15, 0.2) is 12.4 Å². The lowest BCUT2D eigenvalue weighted by atomic mass is 9.99. The van der Waals surface area contributed by atoms with Gasteiger partial charge in [0, 0.05) is 6.42 Å². The fourth-order valence-electron chi connectivity index (χ4n) is 10.4. The SMILES string of the molecule is CCCCCCCC/C=C/CCCCCCCCCCCCC(O)C(=O)NC(COC1OC(CO)C(O)C(O)C1OC(=O)CCCCCCCCCCCCCCCC)C(O)/C=C/CCCCCCCCCCCCC. The summed E-state index contributed by atoms with van der Waals surface area (Å²) in [6.07, 6.45) is 52.1. The molecule has 8 atom stereocenters. The van der Waals surface area contributed by atoms with Crippen molar-refractivity contribution in [3.05, 3.63) is 24.3 Å². The van der Waals surface area contributed by atoms with Gasteiger partial charge in [-0.15, -0.1) is 0 Å². The van der Waals surface area contributed by atoms with E-state index in [1.165, 1.54) is 212 Å². The van der Waals surface area contributed by atoms with Crippen LogP contribution < -0.4 is 5.32 Å². The van der Waals surface area contributed by atoms with Gasteiger partial charge < -0.3 is 45.1 Å². The number of hydrogen-bond donors (Lipinski definition) is 6. The number of aliphatic hydroxyl groups is 5. The van der Waals surface area contributed by atoms with Gasteiger partial charge in [0.25, 0.3) is 0 Å². The van der Waals surface area contributed by atoms with Crippen LogP contribution in [0.3, 0.4) is 0 Å². The zero-order valence-electron chi connectivity index (χ0n) is 49.6. The molecule has 76 heavy (non-hydrogen) atoms. The molecular weight excluding hydrogens is 955 g/mol. The van der Waals surface area contributed by atoms with Crippen LogP contribution in [0.15, 0.2) is 24.3 Å². The van der Waals surface area contributed by atoms with E-state index >= 15 is 0 Å². The van der Waals surface area contributed by atoms with Crippen LogP contribution in [0.2, 0.25) is 0 Å². The van der Waals surface area contributed by atoms with Crippen molar-refractivity contribution in [2.24, 2.45) is 0 Å². The number of esters is 1. The summed E-state index contributed by atoms with van der Waals surface area (Å²) in [5, 5.41) is 57.1. The smallest absolute Gasteiger partial charge is 0.306 e. The summed E-state index contributed by atoms with van der Waals surface area (Å²) in [6, 6.07) is -1.02. The second-order valence-corrected chi connectivity index (χ2v) is 22.9. The molecule has 6 N–H and O–H groups in total. The van der Waals surface area contributed by atoms with Crippen molar-refractivity contribution >= 4 is 11.9 Å². The molecule has 1 aliphatic heterocycles. The molecule has 11 nitrogen and oxygen atoms in total. The molecule has 0 saturated carbocycles. The molecule has 448 valence electrons. The molecule has 1 saturated heterocycles. The Balaban J connectivity index is 2.65. The van der Waals surface area contributed by atoms with E-state index in [1.54, 1.807) is 6.08 Å². The van der Waals surface area contributed by atoms with Crippen molar-refractivity contribution < 1.29 is 49.3 Å². The highest BCUT2D eigenvalue weighted by molar-refractivity contribution is 5.80. The molecule has 0 aromatic heterocycles. The highest BCUT2D eigenvalue weighted by Gasteiger charge is 2.47. The summed E-state index contributed by atoms with van der Waals surface area (Å²) < 4.78 is 17.6. The monoisotopic (exact) mass is 1080 g/mol. The molecule has 0 radical (unpaired) electrons. The molecule has 1 aliphatic rings. The third-order valence-electron chi connectivity index (χ3n) is 15.6. The summed E-state index contributed by atoms with van der Waals surface area (Å²) in [5.41, 5.74) is 0. The average Bonchev–Trinajstić information content (AvgIpc) is 3.42. The van der Waals surface area contributed by atoms with Gasteiger partial charge >= 0.3 is 5.97 Å². The molecule has 1 heterocycles. The van der Waals surface area contributed by atoms with Crippen molar-refractivity contribution in [3.8, 4) is 0 Å². The van der Waals surface area contributed by atoms with Crippen LogP contribution in [-0.4, -0.2) is 99.6 Å². The van der Waals surface area contributed by atoms with Crippen molar-refractivity contribution in [1.82, 2.24) is 5.32 Å². The number of nitrogens with one attached hydrogen (secondary N) is 1. The lowest BCUT2D eigenvalue weighted by Gasteiger charge is -2.41. The van der Waals surface area contributed by atoms with Crippen LogP contribution in [0.25, 0.3) is 0 Å². The van der Waals surface area contributed by atoms with E-state index in [0.29, 0.717) is 19.3 Å². The Kier molecular flexibility index (Phi) is 51.0. The summed E-state index contributed by atoms with van der Waals surface area (Å²) in [4.78, 5) is 26.6. The zero-order chi connectivity index (χ0) is 55.4. The van der Waals surface area contributed by atoms with Crippen molar-refractivity contribution in [2.45, 2.75) is 365 Å². The first kappa shape index (κ1) is 72.2. The van der Waals surface area contributed by atoms with Crippen molar-refractivity contribution in [2.75, 3.05) is 13.2 Å². The van der Waals surface area contributed by atoms with E-state index < -0.39 is 67.4 Å². The molecule has 11 heteroatoms. The molecule has 0 aromatic carbocycles. The highest BCUT2D eigenvalue weighted by atomic mass is 16.7. The maximum absolute atomic E-state index is 13.4.